The Morgan fingerprint density at radius 2 is 2.38 bits per heavy atom. The van der Waals surface area contributed by atoms with E-state index in [0.717, 1.165) is 3.57 Å². The fraction of sp³-hybridized carbons (Fsp3) is 0.273. The number of amides is 1. The summed E-state index contributed by atoms with van der Waals surface area (Å²) in [5.74, 6) is -0.191. The topological polar surface area (TPSA) is 51.1 Å². The molecule has 0 saturated heterocycles. The minimum atomic E-state index is -0.191. The zero-order valence-electron chi connectivity index (χ0n) is 9.00. The van der Waals surface area contributed by atoms with Gasteiger partial charge in [-0.25, -0.2) is 0 Å². The van der Waals surface area contributed by atoms with Crippen LogP contribution in [0.15, 0.2) is 29.7 Å². The van der Waals surface area contributed by atoms with Gasteiger partial charge in [-0.15, -0.1) is 6.58 Å². The fourth-order valence-electron chi connectivity index (χ4n) is 1.25. The van der Waals surface area contributed by atoms with E-state index in [0.29, 0.717) is 12.1 Å². The summed E-state index contributed by atoms with van der Waals surface area (Å²) in [6.45, 7) is 5.70. The van der Waals surface area contributed by atoms with Crippen molar-refractivity contribution in [3.63, 3.8) is 0 Å². The van der Waals surface area contributed by atoms with Gasteiger partial charge in [0, 0.05) is 21.9 Å². The van der Waals surface area contributed by atoms with Crippen molar-refractivity contribution < 1.29 is 4.79 Å². The van der Waals surface area contributed by atoms with Gasteiger partial charge in [0.05, 0.1) is 0 Å². The average Bonchev–Trinajstić information content (AvgIpc) is 2.22. The number of carbonyl (C=O) groups excluding carboxylic acids is 1. The molecule has 1 amide bonds. The molecule has 0 unspecified atom stereocenters. The monoisotopic (exact) mass is 332 g/mol. The van der Waals surface area contributed by atoms with Crippen molar-refractivity contribution in [2.45, 2.75) is 13.5 Å². The number of hydrogen-bond acceptors (Lipinski definition) is 2. The number of aryl methyl sites for hydroxylation is 1. The van der Waals surface area contributed by atoms with Crippen molar-refractivity contribution in [3.8, 4) is 0 Å². The lowest BCUT2D eigenvalue weighted by molar-refractivity contribution is -0.121. The summed E-state index contributed by atoms with van der Waals surface area (Å²) in [5, 5.41) is 2.63. The summed E-state index contributed by atoms with van der Waals surface area (Å²) in [7, 11) is 0. The highest BCUT2D eigenvalue weighted by Gasteiger charge is 2.06. The molecule has 0 aliphatic rings. The molecule has 86 valence electrons. The highest BCUT2D eigenvalue weighted by atomic mass is 127. The Bertz CT molecular complexity index is 466. The van der Waals surface area contributed by atoms with E-state index in [1.54, 1.807) is 25.3 Å². The number of hydrogen-bond donors (Lipinski definition) is 1. The Hall–Kier alpha value is -1.11. The normalized spacial score (nSPS) is 9.88. The largest absolute Gasteiger partial charge is 0.351 e. The smallest absolute Gasteiger partial charge is 0.253 e. The summed E-state index contributed by atoms with van der Waals surface area (Å²) >= 11 is 2.12. The number of carbonyl (C=O) groups is 1. The van der Waals surface area contributed by atoms with Gasteiger partial charge in [0.25, 0.3) is 5.56 Å². The van der Waals surface area contributed by atoms with E-state index in [2.05, 4.69) is 34.5 Å². The van der Waals surface area contributed by atoms with Gasteiger partial charge in [-0.1, -0.05) is 6.08 Å². The first kappa shape index (κ1) is 13.0. The maximum atomic E-state index is 11.7. The molecule has 1 rings (SSSR count). The summed E-state index contributed by atoms with van der Waals surface area (Å²) in [5.41, 5.74) is 0.512. The number of nitrogens with one attached hydrogen (secondary N) is 1. The van der Waals surface area contributed by atoms with Gasteiger partial charge in [0.2, 0.25) is 5.91 Å². The number of rotatable bonds is 4. The molecule has 0 atom stereocenters. The standard InChI is InChI=1S/C11H13IN2O2/c1-3-4-13-10(15)7-14-6-9(12)5-8(2)11(14)16/h3,5-6H,1,4,7H2,2H3,(H,13,15). The summed E-state index contributed by atoms with van der Waals surface area (Å²) in [6, 6.07) is 1.79. The van der Waals surface area contributed by atoms with Crippen LogP contribution < -0.4 is 10.9 Å². The van der Waals surface area contributed by atoms with E-state index in [9.17, 15) is 9.59 Å². The second-order valence-electron chi connectivity index (χ2n) is 3.37. The second-order valence-corrected chi connectivity index (χ2v) is 4.61. The Balaban J connectivity index is 2.85. The molecule has 16 heavy (non-hydrogen) atoms. The van der Waals surface area contributed by atoms with Crippen LogP contribution in [0.1, 0.15) is 5.56 Å². The van der Waals surface area contributed by atoms with Crippen molar-refractivity contribution in [3.05, 3.63) is 44.4 Å². The van der Waals surface area contributed by atoms with Gasteiger partial charge in [0.1, 0.15) is 6.54 Å². The lowest BCUT2D eigenvalue weighted by Crippen LogP contribution is -2.33. The Kier molecular flexibility index (Phi) is 4.72. The molecule has 1 aromatic heterocycles. The molecule has 1 N–H and O–H groups in total. The third-order valence-electron chi connectivity index (χ3n) is 1.99. The molecule has 4 nitrogen and oxygen atoms in total. The van der Waals surface area contributed by atoms with Crippen molar-refractivity contribution >= 4 is 28.5 Å². The molecular formula is C11H13IN2O2. The first-order chi connectivity index (χ1) is 7.54. The minimum absolute atomic E-state index is 0.0460. The number of nitrogens with zero attached hydrogens (tertiary/aromatic N) is 1. The van der Waals surface area contributed by atoms with Crippen LogP contribution in [-0.4, -0.2) is 17.0 Å². The highest BCUT2D eigenvalue weighted by molar-refractivity contribution is 14.1. The van der Waals surface area contributed by atoms with Crippen LogP contribution in [0.2, 0.25) is 0 Å². The SMILES string of the molecule is C=CCNC(=O)Cn1cc(I)cc(C)c1=O. The van der Waals surface area contributed by atoms with E-state index in [1.807, 2.05) is 0 Å². The van der Waals surface area contributed by atoms with Crippen LogP contribution in [0.25, 0.3) is 0 Å². The van der Waals surface area contributed by atoms with Crippen LogP contribution >= 0.6 is 22.6 Å². The van der Waals surface area contributed by atoms with Crippen LogP contribution in [0, 0.1) is 10.5 Å². The molecule has 1 heterocycles. The van der Waals surface area contributed by atoms with E-state index in [1.165, 1.54) is 4.57 Å². The van der Waals surface area contributed by atoms with Crippen LogP contribution in [-0.2, 0) is 11.3 Å². The molecule has 0 fully saturated rings. The predicted molar refractivity (Wildman–Crippen MR) is 71.4 cm³/mol. The van der Waals surface area contributed by atoms with E-state index < -0.39 is 0 Å². The zero-order chi connectivity index (χ0) is 12.1. The predicted octanol–water partition coefficient (Wildman–Crippen LogP) is 1.06. The van der Waals surface area contributed by atoms with Gasteiger partial charge < -0.3 is 9.88 Å². The minimum Gasteiger partial charge on any atom is -0.351 e. The lowest BCUT2D eigenvalue weighted by Gasteiger charge is -2.07. The Morgan fingerprint density at radius 3 is 3.00 bits per heavy atom. The first-order valence-corrected chi connectivity index (χ1v) is 5.86. The van der Waals surface area contributed by atoms with Crippen molar-refractivity contribution in [2.75, 3.05) is 6.54 Å². The van der Waals surface area contributed by atoms with Gasteiger partial charge in [-0.2, -0.15) is 0 Å². The second kappa shape index (κ2) is 5.83. The third-order valence-corrected chi connectivity index (χ3v) is 2.58. The molecule has 0 radical (unpaired) electrons. The molecule has 5 heteroatoms. The van der Waals surface area contributed by atoms with Crippen LogP contribution in [0.3, 0.4) is 0 Å². The van der Waals surface area contributed by atoms with Crippen molar-refractivity contribution in [1.82, 2.24) is 9.88 Å². The maximum absolute atomic E-state index is 11.7. The molecule has 0 aliphatic heterocycles. The van der Waals surface area contributed by atoms with E-state index >= 15 is 0 Å². The summed E-state index contributed by atoms with van der Waals surface area (Å²) in [4.78, 5) is 23.1. The third kappa shape index (κ3) is 3.48. The molecule has 1 aromatic rings. The Morgan fingerprint density at radius 1 is 1.69 bits per heavy atom. The maximum Gasteiger partial charge on any atom is 0.253 e. The van der Waals surface area contributed by atoms with Crippen LogP contribution in [0.5, 0.6) is 0 Å². The lowest BCUT2D eigenvalue weighted by atomic mass is 10.3. The van der Waals surface area contributed by atoms with Crippen LogP contribution in [0.4, 0.5) is 0 Å². The molecule has 0 aromatic carbocycles. The summed E-state index contributed by atoms with van der Waals surface area (Å²) in [6.07, 6.45) is 3.27. The summed E-state index contributed by atoms with van der Waals surface area (Å²) < 4.78 is 2.35. The average molecular weight is 332 g/mol. The Labute approximate surface area is 107 Å². The van der Waals surface area contributed by atoms with Gasteiger partial charge in [-0.05, 0) is 35.6 Å². The fourth-order valence-corrected chi connectivity index (χ4v) is 2.06. The van der Waals surface area contributed by atoms with Crippen molar-refractivity contribution in [1.29, 1.82) is 0 Å². The number of halogens is 1. The number of aromatic nitrogens is 1. The van der Waals surface area contributed by atoms with E-state index in [4.69, 9.17) is 0 Å². The highest BCUT2D eigenvalue weighted by Crippen LogP contribution is 2.03. The molecule has 0 spiro atoms. The number of pyridine rings is 1. The molecule has 0 bridgehead atoms. The molecule has 0 saturated carbocycles. The molecular weight excluding hydrogens is 319 g/mol. The van der Waals surface area contributed by atoms with Gasteiger partial charge in [0.15, 0.2) is 0 Å². The van der Waals surface area contributed by atoms with Crippen molar-refractivity contribution in [2.24, 2.45) is 0 Å². The van der Waals surface area contributed by atoms with Gasteiger partial charge >= 0.3 is 0 Å². The van der Waals surface area contributed by atoms with E-state index in [-0.39, 0.29) is 18.0 Å². The first-order valence-electron chi connectivity index (χ1n) is 4.78. The molecule has 0 aliphatic carbocycles. The zero-order valence-corrected chi connectivity index (χ0v) is 11.2. The van der Waals surface area contributed by atoms with Gasteiger partial charge in [-0.3, -0.25) is 9.59 Å². The quantitative estimate of drug-likeness (QED) is 0.662.